The fourth-order valence-electron chi connectivity index (χ4n) is 2.27. The zero-order chi connectivity index (χ0) is 13.5. The molecule has 0 spiro atoms. The second-order valence-corrected chi connectivity index (χ2v) is 4.66. The number of aromatic nitrogens is 3. The molecule has 1 aliphatic heterocycles. The summed E-state index contributed by atoms with van der Waals surface area (Å²) in [6.07, 6.45) is 2.42. The molecule has 0 radical (unpaired) electrons. The second-order valence-electron chi connectivity index (χ2n) is 4.66. The van der Waals surface area contributed by atoms with E-state index in [-0.39, 0.29) is 0 Å². The van der Waals surface area contributed by atoms with Gasteiger partial charge in [0.05, 0.1) is 12.3 Å². The lowest BCUT2D eigenvalue weighted by Crippen LogP contribution is -1.85. The third-order valence-corrected chi connectivity index (χ3v) is 3.35. The molecule has 0 aliphatic carbocycles. The van der Waals surface area contributed by atoms with E-state index in [0.29, 0.717) is 17.3 Å². The highest BCUT2D eigenvalue weighted by atomic mass is 16.5. The largest absolute Gasteiger partial charge is 0.493 e. The van der Waals surface area contributed by atoms with Gasteiger partial charge in [-0.3, -0.25) is 0 Å². The van der Waals surface area contributed by atoms with Gasteiger partial charge in [-0.05, 0) is 30.7 Å². The van der Waals surface area contributed by atoms with Crippen molar-refractivity contribution >= 4 is 0 Å². The average molecular weight is 269 g/mol. The number of aryl methyl sites for hydroxylation is 1. The summed E-state index contributed by atoms with van der Waals surface area (Å²) in [6.45, 7) is 2.56. The highest BCUT2D eigenvalue weighted by molar-refractivity contribution is 5.62. The van der Waals surface area contributed by atoms with E-state index >= 15 is 0 Å². The normalized spacial score (nSPS) is 13.2. The van der Waals surface area contributed by atoms with Crippen LogP contribution >= 0.6 is 0 Å². The molecule has 0 unspecified atom stereocenters. The average Bonchev–Trinajstić information content (AvgIpc) is 3.17. The van der Waals surface area contributed by atoms with Crippen LogP contribution in [0.5, 0.6) is 5.75 Å². The van der Waals surface area contributed by atoms with Crippen LogP contribution in [0.3, 0.4) is 0 Å². The number of hydrogen-bond donors (Lipinski definition) is 0. The third kappa shape index (κ3) is 1.69. The second kappa shape index (κ2) is 4.19. The van der Waals surface area contributed by atoms with Gasteiger partial charge in [-0.15, -0.1) is 0 Å². The summed E-state index contributed by atoms with van der Waals surface area (Å²) in [6, 6.07) is 5.91. The smallest absolute Gasteiger partial charge is 0.263 e. The molecule has 6 heteroatoms. The number of ether oxygens (including phenoxy) is 1. The summed E-state index contributed by atoms with van der Waals surface area (Å²) in [4.78, 5) is 4.39. The molecule has 3 heterocycles. The molecule has 0 bridgehead atoms. The fourth-order valence-corrected chi connectivity index (χ4v) is 2.27. The van der Waals surface area contributed by atoms with Gasteiger partial charge >= 0.3 is 0 Å². The monoisotopic (exact) mass is 269 g/mol. The number of rotatable bonds is 2. The van der Waals surface area contributed by atoms with Crippen molar-refractivity contribution in [1.82, 2.24) is 15.3 Å². The summed E-state index contributed by atoms with van der Waals surface area (Å²) < 4.78 is 15.6. The van der Waals surface area contributed by atoms with Gasteiger partial charge in [0.1, 0.15) is 17.6 Å². The molecular weight excluding hydrogens is 258 g/mol. The van der Waals surface area contributed by atoms with Gasteiger partial charge in [0, 0.05) is 12.0 Å². The number of benzene rings is 1. The molecule has 0 saturated carbocycles. The molecule has 0 N–H and O–H groups in total. The van der Waals surface area contributed by atoms with E-state index < -0.39 is 0 Å². The summed E-state index contributed by atoms with van der Waals surface area (Å²) in [7, 11) is 0. The van der Waals surface area contributed by atoms with Crippen LogP contribution in [0.1, 0.15) is 11.3 Å². The maximum Gasteiger partial charge on any atom is 0.263 e. The summed E-state index contributed by atoms with van der Waals surface area (Å²) in [5.41, 5.74) is 3.53. The van der Waals surface area contributed by atoms with Crippen LogP contribution in [0.15, 0.2) is 33.5 Å². The molecule has 100 valence electrons. The minimum absolute atomic E-state index is 0.412. The molecule has 20 heavy (non-hydrogen) atoms. The van der Waals surface area contributed by atoms with E-state index in [0.717, 1.165) is 30.0 Å². The Morgan fingerprint density at radius 3 is 3.00 bits per heavy atom. The maximum absolute atomic E-state index is 5.48. The van der Waals surface area contributed by atoms with E-state index in [1.165, 1.54) is 11.8 Å². The Bertz CT molecular complexity index is 776. The van der Waals surface area contributed by atoms with Crippen molar-refractivity contribution in [3.05, 3.63) is 35.7 Å². The first kappa shape index (κ1) is 11.2. The highest BCUT2D eigenvalue weighted by Gasteiger charge is 2.17. The minimum Gasteiger partial charge on any atom is -0.493 e. The fraction of sp³-hybridized carbons (Fsp3) is 0.214. The zero-order valence-corrected chi connectivity index (χ0v) is 10.8. The molecule has 0 atom stereocenters. The van der Waals surface area contributed by atoms with E-state index in [4.69, 9.17) is 13.8 Å². The van der Waals surface area contributed by atoms with Gasteiger partial charge in [-0.2, -0.15) is 4.98 Å². The Kier molecular flexibility index (Phi) is 2.35. The van der Waals surface area contributed by atoms with Crippen LogP contribution in [0, 0.1) is 6.92 Å². The van der Waals surface area contributed by atoms with Gasteiger partial charge in [-0.1, -0.05) is 10.3 Å². The van der Waals surface area contributed by atoms with Crippen molar-refractivity contribution in [2.45, 2.75) is 13.3 Å². The molecule has 2 aromatic heterocycles. The van der Waals surface area contributed by atoms with Gasteiger partial charge in [0.25, 0.3) is 5.89 Å². The lowest BCUT2D eigenvalue weighted by atomic mass is 10.1. The Morgan fingerprint density at radius 1 is 1.20 bits per heavy atom. The number of hydrogen-bond acceptors (Lipinski definition) is 6. The van der Waals surface area contributed by atoms with E-state index in [1.807, 2.05) is 25.1 Å². The van der Waals surface area contributed by atoms with E-state index in [1.54, 1.807) is 0 Å². The summed E-state index contributed by atoms with van der Waals surface area (Å²) in [5.74, 6) is 1.90. The van der Waals surface area contributed by atoms with Crippen LogP contribution in [-0.4, -0.2) is 21.9 Å². The molecule has 1 aliphatic rings. The molecule has 1 aromatic carbocycles. The lowest BCUT2D eigenvalue weighted by molar-refractivity contribution is 0.357. The van der Waals surface area contributed by atoms with Gasteiger partial charge in [0.15, 0.2) is 0 Å². The lowest BCUT2D eigenvalue weighted by Gasteiger charge is -1.99. The SMILES string of the molecule is Cc1nocc1-c1nc(-c2ccc3c(c2)CCO3)no1. The molecular formula is C14H11N3O3. The van der Waals surface area contributed by atoms with Crippen molar-refractivity contribution in [3.8, 4) is 28.6 Å². The van der Waals surface area contributed by atoms with Gasteiger partial charge in [0.2, 0.25) is 5.82 Å². The van der Waals surface area contributed by atoms with Crippen LogP contribution in [0.25, 0.3) is 22.8 Å². The Labute approximate surface area is 114 Å². The molecule has 3 aromatic rings. The van der Waals surface area contributed by atoms with Crippen LogP contribution in [0.2, 0.25) is 0 Å². The van der Waals surface area contributed by atoms with E-state index in [2.05, 4.69) is 15.3 Å². The first-order chi connectivity index (χ1) is 9.81. The zero-order valence-electron chi connectivity index (χ0n) is 10.8. The quantitative estimate of drug-likeness (QED) is 0.712. The first-order valence-corrected chi connectivity index (χ1v) is 6.32. The van der Waals surface area contributed by atoms with E-state index in [9.17, 15) is 0 Å². The van der Waals surface area contributed by atoms with Crippen LogP contribution in [-0.2, 0) is 6.42 Å². The van der Waals surface area contributed by atoms with Gasteiger partial charge in [-0.25, -0.2) is 0 Å². The van der Waals surface area contributed by atoms with Gasteiger partial charge < -0.3 is 13.8 Å². The number of fused-ring (bicyclic) bond motifs is 1. The molecule has 0 fully saturated rings. The number of nitrogens with zero attached hydrogens (tertiary/aromatic N) is 3. The predicted molar refractivity (Wildman–Crippen MR) is 69.2 cm³/mol. The molecule has 4 rings (SSSR count). The van der Waals surface area contributed by atoms with Crippen molar-refractivity contribution < 1.29 is 13.8 Å². The summed E-state index contributed by atoms with van der Waals surface area (Å²) >= 11 is 0. The van der Waals surface area contributed by atoms with Crippen molar-refractivity contribution in [1.29, 1.82) is 0 Å². The summed E-state index contributed by atoms with van der Waals surface area (Å²) in [5, 5.41) is 7.82. The first-order valence-electron chi connectivity index (χ1n) is 6.32. The van der Waals surface area contributed by atoms with Crippen molar-refractivity contribution in [3.63, 3.8) is 0 Å². The maximum atomic E-state index is 5.48. The Balaban J connectivity index is 1.73. The predicted octanol–water partition coefficient (Wildman–Crippen LogP) is 2.63. The Morgan fingerprint density at radius 2 is 2.15 bits per heavy atom. The van der Waals surface area contributed by atoms with Crippen molar-refractivity contribution in [2.24, 2.45) is 0 Å². The third-order valence-electron chi connectivity index (χ3n) is 3.35. The topological polar surface area (TPSA) is 74.2 Å². The van der Waals surface area contributed by atoms with Crippen LogP contribution in [0.4, 0.5) is 0 Å². The molecule has 6 nitrogen and oxygen atoms in total. The highest BCUT2D eigenvalue weighted by Crippen LogP contribution is 2.30. The van der Waals surface area contributed by atoms with Crippen molar-refractivity contribution in [2.75, 3.05) is 6.61 Å². The molecule has 0 saturated heterocycles. The minimum atomic E-state index is 0.412. The Hall–Kier alpha value is -2.63. The molecule has 0 amide bonds. The van der Waals surface area contributed by atoms with Crippen LogP contribution < -0.4 is 4.74 Å². The standard InChI is InChI=1S/C14H11N3O3/c1-8-11(7-19-16-8)14-15-13(17-20-14)10-2-3-12-9(6-10)4-5-18-12/h2-3,6-7H,4-5H2,1H3.